The lowest BCUT2D eigenvalue weighted by molar-refractivity contribution is -0.137. The van der Waals surface area contributed by atoms with Crippen molar-refractivity contribution in [1.29, 1.82) is 0 Å². The van der Waals surface area contributed by atoms with Crippen LogP contribution in [0, 0.1) is 0 Å². The molecule has 0 N–H and O–H groups in total. The summed E-state index contributed by atoms with van der Waals surface area (Å²) in [7, 11) is -0.200. The predicted molar refractivity (Wildman–Crippen MR) is 40.4 cm³/mol. The molecule has 0 fully saturated rings. The average Bonchev–Trinajstić information content (AvgIpc) is 1.85. The predicted octanol–water partition coefficient (Wildman–Crippen LogP) is 0.836. The Balaban J connectivity index is 2.45. The molecule has 1 heterocycles. The van der Waals surface area contributed by atoms with Crippen molar-refractivity contribution >= 4 is 16.7 Å². The van der Waals surface area contributed by atoms with Gasteiger partial charge in [0.05, 0.1) is 12.8 Å². The van der Waals surface area contributed by atoms with Crippen LogP contribution in [0.4, 0.5) is 0 Å². The summed E-state index contributed by atoms with van der Waals surface area (Å²) in [6.45, 7) is 2.23. The topological polar surface area (TPSA) is 38.7 Å². The Morgan fingerprint density at radius 2 is 2.60 bits per heavy atom. The average molecular weight is 159 g/mol. The minimum Gasteiger partial charge on any atom is -0.462 e. The first kappa shape index (κ1) is 7.47. The molecular formula is C6H9NO2S. The van der Waals surface area contributed by atoms with Gasteiger partial charge in [0.25, 0.3) is 0 Å². The van der Waals surface area contributed by atoms with Crippen molar-refractivity contribution in [3.05, 3.63) is 11.1 Å². The Morgan fingerprint density at radius 3 is 2.90 bits per heavy atom. The van der Waals surface area contributed by atoms with Gasteiger partial charge in [0.1, 0.15) is 4.91 Å². The SMILES string of the molecule is CCOC(=O)C1=CN=S1C. The van der Waals surface area contributed by atoms with E-state index in [1.807, 2.05) is 6.26 Å². The second-order valence-electron chi connectivity index (χ2n) is 1.80. The summed E-state index contributed by atoms with van der Waals surface area (Å²) in [4.78, 5) is 11.6. The Hall–Kier alpha value is -0.640. The number of rotatable bonds is 2. The van der Waals surface area contributed by atoms with Crippen LogP contribution in [0.1, 0.15) is 6.92 Å². The van der Waals surface area contributed by atoms with Gasteiger partial charge in [-0.05, 0) is 13.2 Å². The van der Waals surface area contributed by atoms with Crippen LogP contribution in [0.5, 0.6) is 0 Å². The fraction of sp³-hybridized carbons (Fsp3) is 0.500. The molecule has 0 aromatic heterocycles. The van der Waals surface area contributed by atoms with Gasteiger partial charge in [-0.15, -0.1) is 0 Å². The summed E-state index contributed by atoms with van der Waals surface area (Å²) >= 11 is 0. The van der Waals surface area contributed by atoms with Crippen LogP contribution in [-0.2, 0) is 20.2 Å². The smallest absolute Gasteiger partial charge is 0.347 e. The van der Waals surface area contributed by atoms with E-state index >= 15 is 0 Å². The fourth-order valence-corrected chi connectivity index (χ4v) is 1.31. The molecule has 1 unspecified atom stereocenters. The monoisotopic (exact) mass is 159 g/mol. The third-order valence-electron chi connectivity index (χ3n) is 1.12. The van der Waals surface area contributed by atoms with E-state index in [-0.39, 0.29) is 16.7 Å². The van der Waals surface area contributed by atoms with E-state index in [0.717, 1.165) is 0 Å². The van der Waals surface area contributed by atoms with E-state index in [1.165, 1.54) is 0 Å². The minimum atomic E-state index is -0.219. The molecule has 0 aliphatic carbocycles. The Labute approximate surface area is 62.2 Å². The van der Waals surface area contributed by atoms with Crippen molar-refractivity contribution in [2.24, 2.45) is 4.36 Å². The molecule has 0 aromatic carbocycles. The lowest BCUT2D eigenvalue weighted by Crippen LogP contribution is -2.14. The van der Waals surface area contributed by atoms with E-state index in [4.69, 9.17) is 4.74 Å². The molecule has 0 spiro atoms. The lowest BCUT2D eigenvalue weighted by atomic mass is 10.6. The largest absolute Gasteiger partial charge is 0.462 e. The second kappa shape index (κ2) is 2.96. The van der Waals surface area contributed by atoms with Crippen molar-refractivity contribution in [2.45, 2.75) is 6.92 Å². The van der Waals surface area contributed by atoms with Crippen LogP contribution in [0.2, 0.25) is 0 Å². The number of esters is 1. The Morgan fingerprint density at radius 1 is 1.90 bits per heavy atom. The molecule has 0 radical (unpaired) electrons. The zero-order valence-electron chi connectivity index (χ0n) is 5.96. The van der Waals surface area contributed by atoms with E-state index in [2.05, 4.69) is 4.36 Å². The lowest BCUT2D eigenvalue weighted by Gasteiger charge is -2.10. The Bertz CT molecular complexity index is 220. The standard InChI is InChI=1S/C6H9NO2S/c1-3-9-6(8)5-4-7-10(5)2/h4H,3H2,1-2H3. The first-order valence-electron chi connectivity index (χ1n) is 3.00. The molecule has 0 saturated heterocycles. The maximum absolute atomic E-state index is 10.9. The minimum absolute atomic E-state index is 0.200. The normalized spacial score (nSPS) is 22.2. The van der Waals surface area contributed by atoms with Crippen molar-refractivity contribution < 1.29 is 9.53 Å². The Kier molecular flexibility index (Phi) is 2.21. The molecule has 1 rings (SSSR count). The molecule has 1 atom stereocenters. The number of carbonyl (C=O) groups excluding carboxylic acids is 1. The summed E-state index contributed by atoms with van der Waals surface area (Å²) in [5, 5.41) is 0. The summed E-state index contributed by atoms with van der Waals surface area (Å²) in [6, 6.07) is 0. The van der Waals surface area contributed by atoms with Gasteiger partial charge >= 0.3 is 5.97 Å². The molecule has 0 bridgehead atoms. The van der Waals surface area contributed by atoms with Crippen molar-refractivity contribution in [3.8, 4) is 0 Å². The molecule has 4 heteroatoms. The summed E-state index contributed by atoms with van der Waals surface area (Å²) in [6.07, 6.45) is 3.47. The summed E-state index contributed by atoms with van der Waals surface area (Å²) < 4.78 is 8.68. The zero-order chi connectivity index (χ0) is 7.56. The van der Waals surface area contributed by atoms with Gasteiger partial charge in [-0.1, -0.05) is 10.7 Å². The molecule has 0 aromatic rings. The maximum Gasteiger partial charge on any atom is 0.347 e. The van der Waals surface area contributed by atoms with Crippen LogP contribution in [0.3, 0.4) is 0 Å². The molecule has 10 heavy (non-hydrogen) atoms. The fourth-order valence-electron chi connectivity index (χ4n) is 0.586. The summed E-state index contributed by atoms with van der Waals surface area (Å²) in [5.74, 6) is -0.219. The molecule has 3 nitrogen and oxygen atoms in total. The molecule has 56 valence electrons. The van der Waals surface area contributed by atoms with Crippen molar-refractivity contribution in [1.82, 2.24) is 0 Å². The maximum atomic E-state index is 10.9. The van der Waals surface area contributed by atoms with Gasteiger partial charge in [-0.3, -0.25) is 0 Å². The first-order valence-corrected chi connectivity index (χ1v) is 4.59. The highest BCUT2D eigenvalue weighted by Gasteiger charge is 2.17. The van der Waals surface area contributed by atoms with Crippen LogP contribution in [-0.4, -0.2) is 18.8 Å². The second-order valence-corrected chi connectivity index (χ2v) is 3.40. The van der Waals surface area contributed by atoms with Gasteiger partial charge in [-0.2, -0.15) is 0 Å². The third-order valence-corrected chi connectivity index (χ3v) is 2.45. The van der Waals surface area contributed by atoms with Crippen LogP contribution in [0.25, 0.3) is 0 Å². The van der Waals surface area contributed by atoms with Crippen LogP contribution < -0.4 is 0 Å². The molecular weight excluding hydrogens is 150 g/mol. The van der Waals surface area contributed by atoms with Gasteiger partial charge < -0.3 is 4.74 Å². The molecule has 0 saturated carbocycles. The van der Waals surface area contributed by atoms with Crippen LogP contribution >= 0.6 is 0 Å². The van der Waals surface area contributed by atoms with Crippen molar-refractivity contribution in [3.63, 3.8) is 0 Å². The van der Waals surface area contributed by atoms with Gasteiger partial charge in [0.2, 0.25) is 0 Å². The van der Waals surface area contributed by atoms with Gasteiger partial charge in [0.15, 0.2) is 0 Å². The van der Waals surface area contributed by atoms with E-state index < -0.39 is 0 Å². The molecule has 0 amide bonds. The summed E-state index contributed by atoms with van der Waals surface area (Å²) in [5.41, 5.74) is 0. The highest BCUT2D eigenvalue weighted by atomic mass is 32.2. The number of ether oxygens (including phenoxy) is 1. The molecule has 1 aliphatic heterocycles. The first-order chi connectivity index (χ1) is 4.75. The number of carbonyl (C=O) groups is 1. The molecule has 1 aliphatic rings. The van der Waals surface area contributed by atoms with E-state index in [1.54, 1.807) is 13.1 Å². The van der Waals surface area contributed by atoms with Crippen molar-refractivity contribution in [2.75, 3.05) is 12.9 Å². The van der Waals surface area contributed by atoms with Gasteiger partial charge in [0, 0.05) is 0 Å². The van der Waals surface area contributed by atoms with Gasteiger partial charge in [-0.25, -0.2) is 9.16 Å². The van der Waals surface area contributed by atoms with Crippen LogP contribution in [0.15, 0.2) is 15.5 Å². The van der Waals surface area contributed by atoms with E-state index in [9.17, 15) is 4.79 Å². The quantitative estimate of drug-likeness (QED) is 0.560. The highest BCUT2D eigenvalue weighted by molar-refractivity contribution is 7.92. The number of hydrogen-bond donors (Lipinski definition) is 0. The van der Waals surface area contributed by atoms with E-state index in [0.29, 0.717) is 11.5 Å². The number of hydrogen-bond acceptors (Lipinski definition) is 3. The third kappa shape index (κ3) is 1.26. The number of nitrogens with zero attached hydrogens (tertiary/aromatic N) is 1. The highest BCUT2D eigenvalue weighted by Crippen LogP contribution is 2.14. The zero-order valence-corrected chi connectivity index (χ0v) is 6.77.